The van der Waals surface area contributed by atoms with Crippen LogP contribution >= 0.6 is 0 Å². The fourth-order valence-electron chi connectivity index (χ4n) is 2.04. The summed E-state index contributed by atoms with van der Waals surface area (Å²) in [6, 6.07) is 4.67. The third-order valence-electron chi connectivity index (χ3n) is 3.38. The van der Waals surface area contributed by atoms with Crippen LogP contribution in [0.2, 0.25) is 0 Å². The fraction of sp³-hybridized carbons (Fsp3) is 0.438. The van der Waals surface area contributed by atoms with E-state index in [1.165, 1.54) is 25.2 Å². The van der Waals surface area contributed by atoms with Gasteiger partial charge in [0.1, 0.15) is 0 Å². The summed E-state index contributed by atoms with van der Waals surface area (Å²) in [5, 5.41) is 11.2. The third kappa shape index (κ3) is 5.45. The molecule has 0 saturated heterocycles. The summed E-state index contributed by atoms with van der Waals surface area (Å²) in [6.45, 7) is 2.02. The lowest BCUT2D eigenvalue weighted by Gasteiger charge is -2.20. The zero-order valence-corrected chi connectivity index (χ0v) is 14.0. The minimum Gasteiger partial charge on any atom is -0.493 e. The summed E-state index contributed by atoms with van der Waals surface area (Å²) in [6.07, 6.45) is -0.136. The number of hydrogen-bond acceptors (Lipinski definition) is 5. The van der Waals surface area contributed by atoms with E-state index in [2.05, 4.69) is 5.32 Å². The van der Waals surface area contributed by atoms with Crippen LogP contribution in [-0.4, -0.2) is 61.6 Å². The second-order valence-corrected chi connectivity index (χ2v) is 4.87. The lowest BCUT2D eigenvalue weighted by atomic mass is 10.2. The Morgan fingerprint density at radius 3 is 2.38 bits per heavy atom. The summed E-state index contributed by atoms with van der Waals surface area (Å²) in [5.41, 5.74) is 0.328. The first-order valence-corrected chi connectivity index (χ1v) is 7.42. The number of methoxy groups -OCH3 is 2. The van der Waals surface area contributed by atoms with Gasteiger partial charge >= 0.3 is 5.97 Å². The van der Waals surface area contributed by atoms with E-state index in [1.54, 1.807) is 19.1 Å². The van der Waals surface area contributed by atoms with E-state index < -0.39 is 11.9 Å². The summed E-state index contributed by atoms with van der Waals surface area (Å²) < 4.78 is 10.2. The van der Waals surface area contributed by atoms with Gasteiger partial charge in [-0.25, -0.2) is 0 Å². The standard InChI is InChI=1S/C16H22N2O6/c1-4-18(8-7-15(20)21)14(19)10-17-16(22)11-5-6-12(23-2)13(9-11)24-3/h5-6,9H,4,7-8,10H2,1-3H3,(H,17,22)(H,20,21). The number of aliphatic carboxylic acids is 1. The normalized spacial score (nSPS) is 9.96. The number of ether oxygens (including phenoxy) is 2. The van der Waals surface area contributed by atoms with Crippen molar-refractivity contribution in [3.8, 4) is 11.5 Å². The molecule has 2 amide bonds. The Morgan fingerprint density at radius 2 is 1.83 bits per heavy atom. The number of benzene rings is 1. The van der Waals surface area contributed by atoms with E-state index in [-0.39, 0.29) is 25.4 Å². The van der Waals surface area contributed by atoms with Crippen LogP contribution in [0.3, 0.4) is 0 Å². The molecule has 0 spiro atoms. The number of carbonyl (C=O) groups is 3. The maximum Gasteiger partial charge on any atom is 0.305 e. The van der Waals surface area contributed by atoms with E-state index in [9.17, 15) is 14.4 Å². The van der Waals surface area contributed by atoms with Gasteiger partial charge in [0.2, 0.25) is 5.91 Å². The molecule has 132 valence electrons. The van der Waals surface area contributed by atoms with Gasteiger partial charge in [0.15, 0.2) is 11.5 Å². The van der Waals surface area contributed by atoms with Crippen molar-refractivity contribution >= 4 is 17.8 Å². The van der Waals surface area contributed by atoms with Crippen LogP contribution in [0.25, 0.3) is 0 Å². The molecule has 1 rings (SSSR count). The fourth-order valence-corrected chi connectivity index (χ4v) is 2.04. The predicted octanol–water partition coefficient (Wildman–Crippen LogP) is 0.757. The Balaban J connectivity index is 2.64. The van der Waals surface area contributed by atoms with E-state index in [1.807, 2.05) is 0 Å². The molecule has 24 heavy (non-hydrogen) atoms. The number of likely N-dealkylation sites (N-methyl/N-ethyl adjacent to an activating group) is 1. The van der Waals surface area contributed by atoms with Gasteiger partial charge in [0.05, 0.1) is 27.2 Å². The zero-order valence-electron chi connectivity index (χ0n) is 14.0. The zero-order chi connectivity index (χ0) is 18.1. The minimum atomic E-state index is -0.976. The molecule has 0 saturated carbocycles. The van der Waals surface area contributed by atoms with Gasteiger partial charge in [-0.2, -0.15) is 0 Å². The van der Waals surface area contributed by atoms with Gasteiger partial charge in [-0.3, -0.25) is 14.4 Å². The molecule has 0 bridgehead atoms. The Kier molecular flexibility index (Phi) is 7.54. The molecular weight excluding hydrogens is 316 g/mol. The Bertz CT molecular complexity index is 602. The van der Waals surface area contributed by atoms with E-state index >= 15 is 0 Å². The molecule has 0 aromatic heterocycles. The van der Waals surface area contributed by atoms with Crippen molar-refractivity contribution in [2.45, 2.75) is 13.3 Å². The first-order valence-electron chi connectivity index (χ1n) is 7.42. The van der Waals surface area contributed by atoms with Crippen LogP contribution in [0.1, 0.15) is 23.7 Å². The average Bonchev–Trinajstić information content (AvgIpc) is 2.59. The molecule has 0 aliphatic carbocycles. The smallest absolute Gasteiger partial charge is 0.305 e. The highest BCUT2D eigenvalue weighted by Gasteiger charge is 2.16. The molecule has 0 aliphatic heterocycles. The summed E-state index contributed by atoms with van der Waals surface area (Å²) in [4.78, 5) is 36.1. The number of nitrogens with zero attached hydrogens (tertiary/aromatic N) is 1. The molecule has 0 aliphatic rings. The van der Waals surface area contributed by atoms with Crippen molar-refractivity contribution in [2.75, 3.05) is 33.9 Å². The topological polar surface area (TPSA) is 105 Å². The first-order chi connectivity index (χ1) is 11.4. The number of nitrogens with one attached hydrogen (secondary N) is 1. The van der Waals surface area contributed by atoms with Gasteiger partial charge in [-0.05, 0) is 25.1 Å². The first kappa shape index (κ1) is 19.3. The number of amides is 2. The van der Waals surface area contributed by atoms with Crippen LogP contribution < -0.4 is 14.8 Å². The Morgan fingerprint density at radius 1 is 1.17 bits per heavy atom. The SMILES string of the molecule is CCN(CCC(=O)O)C(=O)CNC(=O)c1ccc(OC)c(OC)c1. The lowest BCUT2D eigenvalue weighted by molar-refractivity contribution is -0.138. The molecule has 8 heteroatoms. The van der Waals surface area contributed by atoms with Crippen LogP contribution in [-0.2, 0) is 9.59 Å². The minimum absolute atomic E-state index is 0.108. The highest BCUT2D eigenvalue weighted by Crippen LogP contribution is 2.27. The lowest BCUT2D eigenvalue weighted by Crippen LogP contribution is -2.41. The highest BCUT2D eigenvalue weighted by atomic mass is 16.5. The molecule has 0 heterocycles. The van der Waals surface area contributed by atoms with Crippen LogP contribution in [0.15, 0.2) is 18.2 Å². The number of carboxylic acids is 1. The number of carboxylic acid groups (broad SMARTS) is 1. The van der Waals surface area contributed by atoms with E-state index in [0.717, 1.165) is 0 Å². The molecular formula is C16H22N2O6. The van der Waals surface area contributed by atoms with Gasteiger partial charge in [0.25, 0.3) is 5.91 Å². The molecule has 0 atom stereocenters. The van der Waals surface area contributed by atoms with Crippen molar-refractivity contribution < 1.29 is 29.0 Å². The monoisotopic (exact) mass is 338 g/mol. The van der Waals surface area contributed by atoms with Crippen LogP contribution in [0, 0.1) is 0 Å². The summed E-state index contributed by atoms with van der Waals surface area (Å²) in [7, 11) is 2.96. The highest BCUT2D eigenvalue weighted by molar-refractivity contribution is 5.97. The molecule has 0 unspecified atom stereocenters. The second-order valence-electron chi connectivity index (χ2n) is 4.87. The molecule has 0 fully saturated rings. The van der Waals surface area contributed by atoms with Gasteiger partial charge < -0.3 is 24.8 Å². The quantitative estimate of drug-likeness (QED) is 0.689. The second kappa shape index (κ2) is 9.39. The molecule has 1 aromatic carbocycles. The van der Waals surface area contributed by atoms with Crippen molar-refractivity contribution in [3.05, 3.63) is 23.8 Å². The Hall–Kier alpha value is -2.77. The van der Waals surface area contributed by atoms with Crippen molar-refractivity contribution in [1.82, 2.24) is 10.2 Å². The van der Waals surface area contributed by atoms with Crippen LogP contribution in [0.4, 0.5) is 0 Å². The summed E-state index contributed by atoms with van der Waals surface area (Å²) >= 11 is 0. The Labute approximate surface area is 140 Å². The molecule has 8 nitrogen and oxygen atoms in total. The maximum absolute atomic E-state index is 12.1. The van der Waals surface area contributed by atoms with Crippen molar-refractivity contribution in [2.24, 2.45) is 0 Å². The largest absolute Gasteiger partial charge is 0.493 e. The number of hydrogen-bond donors (Lipinski definition) is 2. The van der Waals surface area contributed by atoms with Gasteiger partial charge in [0, 0.05) is 18.7 Å². The van der Waals surface area contributed by atoms with E-state index in [4.69, 9.17) is 14.6 Å². The maximum atomic E-state index is 12.1. The van der Waals surface area contributed by atoms with Gasteiger partial charge in [-0.15, -0.1) is 0 Å². The summed E-state index contributed by atoms with van der Waals surface area (Å²) in [5.74, 6) is -0.842. The molecule has 0 radical (unpaired) electrons. The predicted molar refractivity (Wildman–Crippen MR) is 86.4 cm³/mol. The number of carbonyl (C=O) groups excluding carboxylic acids is 2. The van der Waals surface area contributed by atoms with Crippen LogP contribution in [0.5, 0.6) is 11.5 Å². The molecule has 1 aromatic rings. The average molecular weight is 338 g/mol. The van der Waals surface area contributed by atoms with Crippen molar-refractivity contribution in [3.63, 3.8) is 0 Å². The third-order valence-corrected chi connectivity index (χ3v) is 3.38. The molecule has 2 N–H and O–H groups in total. The number of rotatable bonds is 9. The van der Waals surface area contributed by atoms with E-state index in [0.29, 0.717) is 23.6 Å². The van der Waals surface area contributed by atoms with Gasteiger partial charge in [-0.1, -0.05) is 0 Å². The van der Waals surface area contributed by atoms with Crippen molar-refractivity contribution in [1.29, 1.82) is 0 Å².